The molecule has 128 valence electrons. The Labute approximate surface area is 129 Å². The Morgan fingerprint density at radius 3 is 2.14 bits per heavy atom. The number of piperidine rings is 1. The van der Waals surface area contributed by atoms with Crippen LogP contribution in [-0.4, -0.2) is 59.4 Å². The first-order valence-corrected chi connectivity index (χ1v) is 7.88. The first kappa shape index (κ1) is 17.4. The molecule has 0 unspecified atom stereocenters. The van der Waals surface area contributed by atoms with Crippen molar-refractivity contribution in [1.82, 2.24) is 9.80 Å². The Bertz CT molecular complexity index is 399. The molecule has 0 aromatic carbocycles. The number of carbonyl (C=O) groups is 1. The van der Waals surface area contributed by atoms with Gasteiger partial charge in [0.1, 0.15) is 11.6 Å². The van der Waals surface area contributed by atoms with Crippen LogP contribution in [-0.2, 0) is 4.74 Å². The lowest BCUT2D eigenvalue weighted by atomic mass is 10.0. The summed E-state index contributed by atoms with van der Waals surface area (Å²) in [7, 11) is 0. The normalized spacial score (nSPS) is 25.5. The molecule has 0 N–H and O–H groups in total. The molecule has 2 saturated heterocycles. The van der Waals surface area contributed by atoms with E-state index in [-0.39, 0.29) is 18.6 Å². The highest BCUT2D eigenvalue weighted by Crippen LogP contribution is 2.36. The van der Waals surface area contributed by atoms with Gasteiger partial charge < -0.3 is 9.64 Å². The van der Waals surface area contributed by atoms with Crippen LogP contribution in [0.2, 0.25) is 0 Å². The van der Waals surface area contributed by atoms with E-state index in [1.165, 1.54) is 0 Å². The first-order chi connectivity index (χ1) is 10.1. The fourth-order valence-corrected chi connectivity index (χ4v) is 3.28. The SMILES string of the molecule is CC(C)(C)OC(=O)N1CCC(N2CCC[C@H]2C(F)(F)F)CC1. The molecule has 0 saturated carbocycles. The third kappa shape index (κ3) is 4.27. The molecule has 2 aliphatic rings. The minimum atomic E-state index is -4.15. The number of likely N-dealkylation sites (tertiary alicyclic amines) is 2. The van der Waals surface area contributed by atoms with Crippen LogP contribution in [0.3, 0.4) is 0 Å². The largest absolute Gasteiger partial charge is 0.444 e. The average Bonchev–Trinajstić information content (AvgIpc) is 2.86. The van der Waals surface area contributed by atoms with E-state index in [2.05, 4.69) is 0 Å². The highest BCUT2D eigenvalue weighted by Gasteiger charge is 2.48. The van der Waals surface area contributed by atoms with Gasteiger partial charge in [0.25, 0.3) is 0 Å². The molecule has 1 amide bonds. The van der Waals surface area contributed by atoms with Crippen LogP contribution in [0.15, 0.2) is 0 Å². The van der Waals surface area contributed by atoms with E-state index in [1.54, 1.807) is 30.6 Å². The molecule has 2 aliphatic heterocycles. The van der Waals surface area contributed by atoms with Gasteiger partial charge in [0.2, 0.25) is 0 Å². The molecular weight excluding hydrogens is 297 g/mol. The molecule has 0 spiro atoms. The van der Waals surface area contributed by atoms with Gasteiger partial charge in [0, 0.05) is 19.1 Å². The van der Waals surface area contributed by atoms with Crippen LogP contribution in [0.4, 0.5) is 18.0 Å². The van der Waals surface area contributed by atoms with Crippen LogP contribution < -0.4 is 0 Å². The molecule has 2 fully saturated rings. The van der Waals surface area contributed by atoms with Crippen LogP contribution in [0, 0.1) is 0 Å². The fourth-order valence-electron chi connectivity index (χ4n) is 3.28. The van der Waals surface area contributed by atoms with Gasteiger partial charge in [-0.15, -0.1) is 0 Å². The maximum Gasteiger partial charge on any atom is 0.410 e. The van der Waals surface area contributed by atoms with Crippen molar-refractivity contribution in [3.63, 3.8) is 0 Å². The summed E-state index contributed by atoms with van der Waals surface area (Å²) in [5.74, 6) is 0. The van der Waals surface area contributed by atoms with Gasteiger partial charge in [0.05, 0.1) is 0 Å². The van der Waals surface area contributed by atoms with Crippen molar-refractivity contribution in [2.75, 3.05) is 19.6 Å². The number of halogens is 3. The summed E-state index contributed by atoms with van der Waals surface area (Å²) in [4.78, 5) is 15.2. The summed E-state index contributed by atoms with van der Waals surface area (Å²) < 4.78 is 44.4. The second kappa shape index (κ2) is 6.26. The third-order valence-corrected chi connectivity index (χ3v) is 4.26. The lowest BCUT2D eigenvalue weighted by molar-refractivity contribution is -0.182. The lowest BCUT2D eigenvalue weighted by Crippen LogP contribution is -2.52. The maximum absolute atomic E-state index is 13.0. The van der Waals surface area contributed by atoms with Crippen molar-refractivity contribution in [2.45, 2.75) is 70.3 Å². The Hall–Kier alpha value is -0.980. The molecule has 0 radical (unpaired) electrons. The van der Waals surface area contributed by atoms with Crippen LogP contribution in [0.25, 0.3) is 0 Å². The molecule has 0 aliphatic carbocycles. The zero-order valence-electron chi connectivity index (χ0n) is 13.4. The number of rotatable bonds is 1. The Morgan fingerprint density at radius 1 is 1.05 bits per heavy atom. The van der Waals surface area contributed by atoms with Crippen molar-refractivity contribution >= 4 is 6.09 Å². The van der Waals surface area contributed by atoms with Crippen molar-refractivity contribution in [3.05, 3.63) is 0 Å². The number of carbonyl (C=O) groups excluding carboxylic acids is 1. The summed E-state index contributed by atoms with van der Waals surface area (Å²) in [6, 6.07) is -1.40. The molecule has 1 atom stereocenters. The fraction of sp³-hybridized carbons (Fsp3) is 0.933. The second-order valence-electron chi connectivity index (χ2n) is 7.14. The zero-order valence-corrected chi connectivity index (χ0v) is 13.4. The van der Waals surface area contributed by atoms with Gasteiger partial charge in [-0.05, 0) is 53.0 Å². The number of amides is 1. The van der Waals surface area contributed by atoms with E-state index < -0.39 is 17.8 Å². The Balaban J connectivity index is 1.88. The summed E-state index contributed by atoms with van der Waals surface area (Å²) >= 11 is 0. The molecule has 0 aromatic heterocycles. The summed E-state index contributed by atoms with van der Waals surface area (Å²) in [6.07, 6.45) is -2.59. The summed E-state index contributed by atoms with van der Waals surface area (Å²) in [5.41, 5.74) is -0.551. The number of ether oxygens (including phenoxy) is 1. The summed E-state index contributed by atoms with van der Waals surface area (Å²) in [5, 5.41) is 0. The van der Waals surface area contributed by atoms with Crippen molar-refractivity contribution < 1.29 is 22.7 Å². The second-order valence-corrected chi connectivity index (χ2v) is 7.14. The molecule has 22 heavy (non-hydrogen) atoms. The smallest absolute Gasteiger partial charge is 0.410 e. The Morgan fingerprint density at radius 2 is 1.64 bits per heavy atom. The van der Waals surface area contributed by atoms with Crippen molar-refractivity contribution in [2.24, 2.45) is 0 Å². The van der Waals surface area contributed by atoms with Crippen LogP contribution >= 0.6 is 0 Å². The van der Waals surface area contributed by atoms with E-state index in [4.69, 9.17) is 4.74 Å². The molecule has 0 bridgehead atoms. The van der Waals surface area contributed by atoms with E-state index >= 15 is 0 Å². The molecule has 7 heteroatoms. The molecular formula is C15H25F3N2O2. The standard InChI is InChI=1S/C15H25F3N2O2/c1-14(2,3)22-13(21)19-9-6-11(7-10-19)20-8-4-5-12(20)15(16,17)18/h11-12H,4-10H2,1-3H3/t12-/m0/s1. The van der Waals surface area contributed by atoms with Crippen molar-refractivity contribution in [1.29, 1.82) is 0 Å². The number of hydrogen-bond donors (Lipinski definition) is 0. The van der Waals surface area contributed by atoms with E-state index in [9.17, 15) is 18.0 Å². The van der Waals surface area contributed by atoms with E-state index in [0.29, 0.717) is 38.9 Å². The number of nitrogens with zero attached hydrogens (tertiary/aromatic N) is 2. The highest BCUT2D eigenvalue weighted by molar-refractivity contribution is 5.68. The summed E-state index contributed by atoms with van der Waals surface area (Å²) in [6.45, 7) is 6.82. The predicted octanol–water partition coefficient (Wildman–Crippen LogP) is 3.41. The highest BCUT2D eigenvalue weighted by atomic mass is 19.4. The van der Waals surface area contributed by atoms with Crippen LogP contribution in [0.1, 0.15) is 46.5 Å². The van der Waals surface area contributed by atoms with Gasteiger partial charge in [-0.25, -0.2) is 4.79 Å². The molecule has 2 heterocycles. The maximum atomic E-state index is 13.0. The van der Waals surface area contributed by atoms with Crippen LogP contribution in [0.5, 0.6) is 0 Å². The monoisotopic (exact) mass is 322 g/mol. The quantitative estimate of drug-likeness (QED) is 0.742. The molecule has 0 aromatic rings. The van der Waals surface area contributed by atoms with Gasteiger partial charge in [0.15, 0.2) is 0 Å². The van der Waals surface area contributed by atoms with Gasteiger partial charge in [-0.1, -0.05) is 0 Å². The van der Waals surface area contributed by atoms with Crippen molar-refractivity contribution in [3.8, 4) is 0 Å². The topological polar surface area (TPSA) is 32.8 Å². The van der Waals surface area contributed by atoms with E-state index in [0.717, 1.165) is 0 Å². The number of alkyl halides is 3. The first-order valence-electron chi connectivity index (χ1n) is 7.88. The van der Waals surface area contributed by atoms with Gasteiger partial charge in [-0.2, -0.15) is 13.2 Å². The molecule has 4 nitrogen and oxygen atoms in total. The number of hydrogen-bond acceptors (Lipinski definition) is 3. The zero-order chi connectivity index (χ0) is 16.5. The lowest BCUT2D eigenvalue weighted by Gasteiger charge is -2.40. The third-order valence-electron chi connectivity index (χ3n) is 4.26. The average molecular weight is 322 g/mol. The minimum Gasteiger partial charge on any atom is -0.444 e. The van der Waals surface area contributed by atoms with E-state index in [1.807, 2.05) is 0 Å². The van der Waals surface area contributed by atoms with Gasteiger partial charge >= 0.3 is 12.3 Å². The van der Waals surface area contributed by atoms with Gasteiger partial charge in [-0.3, -0.25) is 4.90 Å². The predicted molar refractivity (Wildman–Crippen MR) is 76.6 cm³/mol. The Kier molecular flexibility index (Phi) is 4.94. The minimum absolute atomic E-state index is 0.0900. The molecule has 2 rings (SSSR count).